The molecule has 2 aromatic carbocycles. The maximum absolute atomic E-state index is 13.0. The number of hydrogen-bond donors (Lipinski definition) is 1. The Bertz CT molecular complexity index is 807. The van der Waals surface area contributed by atoms with Crippen molar-refractivity contribution in [2.45, 2.75) is 26.1 Å². The van der Waals surface area contributed by atoms with E-state index in [1.54, 1.807) is 24.3 Å². The number of nitrogens with one attached hydrogen (secondary N) is 1. The van der Waals surface area contributed by atoms with E-state index in [-0.39, 0.29) is 31.1 Å². The molecule has 8 heteroatoms. The number of amides is 2. The van der Waals surface area contributed by atoms with Crippen LogP contribution in [-0.2, 0) is 22.3 Å². The summed E-state index contributed by atoms with van der Waals surface area (Å²) in [6.45, 7) is 1.73. The molecule has 0 bridgehead atoms. The third-order valence-electron chi connectivity index (χ3n) is 3.85. The van der Waals surface area contributed by atoms with Crippen molar-refractivity contribution in [2.75, 3.05) is 11.9 Å². The first-order valence-corrected chi connectivity index (χ1v) is 8.50. The Balaban J connectivity index is 1.98. The SMILES string of the molecule is CC(=O)N(CCC(=O)Nc1ccccc1C(F)(F)F)Cc1ccc(Cl)cc1. The third-order valence-corrected chi connectivity index (χ3v) is 4.10. The monoisotopic (exact) mass is 398 g/mol. The predicted molar refractivity (Wildman–Crippen MR) is 97.2 cm³/mol. The molecule has 1 N–H and O–H groups in total. The average molecular weight is 399 g/mol. The lowest BCUT2D eigenvalue weighted by Gasteiger charge is -2.21. The molecule has 27 heavy (non-hydrogen) atoms. The zero-order valence-electron chi connectivity index (χ0n) is 14.5. The molecule has 0 heterocycles. The van der Waals surface area contributed by atoms with Crippen LogP contribution in [0.2, 0.25) is 5.02 Å². The van der Waals surface area contributed by atoms with Crippen LogP contribution in [0.25, 0.3) is 0 Å². The number of halogens is 4. The topological polar surface area (TPSA) is 49.4 Å². The summed E-state index contributed by atoms with van der Waals surface area (Å²) in [4.78, 5) is 25.3. The number of carbonyl (C=O) groups is 2. The Morgan fingerprint density at radius 1 is 1.07 bits per heavy atom. The van der Waals surface area contributed by atoms with Crippen LogP contribution in [0.5, 0.6) is 0 Å². The summed E-state index contributed by atoms with van der Waals surface area (Å²) in [5.41, 5.74) is -0.387. The summed E-state index contributed by atoms with van der Waals surface area (Å²) in [6, 6.07) is 11.7. The fourth-order valence-electron chi connectivity index (χ4n) is 2.45. The van der Waals surface area contributed by atoms with Crippen LogP contribution in [0.15, 0.2) is 48.5 Å². The van der Waals surface area contributed by atoms with Crippen molar-refractivity contribution in [3.63, 3.8) is 0 Å². The van der Waals surface area contributed by atoms with Gasteiger partial charge in [-0.2, -0.15) is 13.2 Å². The molecule has 2 aromatic rings. The first-order chi connectivity index (χ1) is 12.7. The van der Waals surface area contributed by atoms with Crippen LogP contribution in [0.4, 0.5) is 18.9 Å². The highest BCUT2D eigenvalue weighted by molar-refractivity contribution is 6.30. The highest BCUT2D eigenvalue weighted by atomic mass is 35.5. The van der Waals surface area contributed by atoms with Crippen molar-refractivity contribution >= 4 is 29.1 Å². The van der Waals surface area contributed by atoms with Crippen molar-refractivity contribution in [3.8, 4) is 0 Å². The molecule has 0 aliphatic carbocycles. The van der Waals surface area contributed by atoms with Crippen molar-refractivity contribution < 1.29 is 22.8 Å². The normalized spacial score (nSPS) is 11.1. The van der Waals surface area contributed by atoms with Crippen LogP contribution in [0.3, 0.4) is 0 Å². The Kier molecular flexibility index (Phi) is 6.85. The molecule has 0 radical (unpaired) electrons. The number of benzene rings is 2. The number of nitrogens with zero attached hydrogens (tertiary/aromatic N) is 1. The summed E-state index contributed by atoms with van der Waals surface area (Å²) in [7, 11) is 0. The van der Waals surface area contributed by atoms with Gasteiger partial charge in [0.1, 0.15) is 0 Å². The Morgan fingerprint density at radius 3 is 2.30 bits per heavy atom. The molecule has 4 nitrogen and oxygen atoms in total. The second-order valence-corrected chi connectivity index (χ2v) is 6.34. The van der Waals surface area contributed by atoms with Crippen LogP contribution < -0.4 is 5.32 Å². The molecule has 0 unspecified atom stereocenters. The molecule has 0 saturated carbocycles. The van der Waals surface area contributed by atoms with E-state index in [1.165, 1.54) is 30.0 Å². The molecular formula is C19H18ClF3N2O2. The van der Waals surface area contributed by atoms with Gasteiger partial charge >= 0.3 is 6.18 Å². The molecular weight excluding hydrogens is 381 g/mol. The molecule has 0 atom stereocenters. The lowest BCUT2D eigenvalue weighted by Crippen LogP contribution is -2.31. The molecule has 2 amide bonds. The number of carbonyl (C=O) groups excluding carboxylic acids is 2. The minimum atomic E-state index is -4.57. The largest absolute Gasteiger partial charge is 0.418 e. The van der Waals surface area contributed by atoms with E-state index in [1.807, 2.05) is 0 Å². The third kappa shape index (κ3) is 6.29. The predicted octanol–water partition coefficient (Wildman–Crippen LogP) is 4.74. The maximum Gasteiger partial charge on any atom is 0.418 e. The van der Waals surface area contributed by atoms with Crippen molar-refractivity contribution in [1.82, 2.24) is 4.90 Å². The first kappa shape index (κ1) is 20.8. The van der Waals surface area contributed by atoms with E-state index in [4.69, 9.17) is 11.6 Å². The average Bonchev–Trinajstić information content (AvgIpc) is 2.59. The fraction of sp³-hybridized carbons (Fsp3) is 0.263. The van der Waals surface area contributed by atoms with Crippen LogP contribution >= 0.6 is 11.6 Å². The lowest BCUT2D eigenvalue weighted by atomic mass is 10.1. The Labute approximate surface area is 159 Å². The van der Waals surface area contributed by atoms with Gasteiger partial charge in [-0.05, 0) is 29.8 Å². The molecule has 0 saturated heterocycles. The van der Waals surface area contributed by atoms with Gasteiger partial charge in [-0.3, -0.25) is 9.59 Å². The van der Waals surface area contributed by atoms with Crippen LogP contribution in [-0.4, -0.2) is 23.3 Å². The summed E-state index contributed by atoms with van der Waals surface area (Å²) in [5.74, 6) is -0.845. The number of para-hydroxylation sites is 1. The minimum Gasteiger partial charge on any atom is -0.338 e. The van der Waals surface area contributed by atoms with Crippen molar-refractivity contribution in [1.29, 1.82) is 0 Å². The Hall–Kier alpha value is -2.54. The molecule has 0 spiro atoms. The fourth-order valence-corrected chi connectivity index (χ4v) is 2.57. The molecule has 0 fully saturated rings. The summed E-state index contributed by atoms with van der Waals surface area (Å²) < 4.78 is 38.9. The zero-order valence-corrected chi connectivity index (χ0v) is 15.3. The van der Waals surface area contributed by atoms with Gasteiger partial charge in [0.05, 0.1) is 11.3 Å². The standard InChI is InChI=1S/C19H18ClF3N2O2/c1-13(26)25(12-14-6-8-15(20)9-7-14)11-10-18(27)24-17-5-3-2-4-16(17)19(21,22)23/h2-9H,10-12H2,1H3,(H,24,27). The zero-order chi connectivity index (χ0) is 20.0. The van der Waals surface area contributed by atoms with Gasteiger partial charge < -0.3 is 10.2 Å². The van der Waals surface area contributed by atoms with Crippen molar-refractivity contribution in [3.05, 3.63) is 64.7 Å². The second kappa shape index (κ2) is 8.90. The van der Waals surface area contributed by atoms with E-state index in [2.05, 4.69) is 5.32 Å². The van der Waals surface area contributed by atoms with Crippen LogP contribution in [0.1, 0.15) is 24.5 Å². The lowest BCUT2D eigenvalue weighted by molar-refractivity contribution is -0.137. The van der Waals surface area contributed by atoms with Gasteiger partial charge in [-0.15, -0.1) is 0 Å². The first-order valence-electron chi connectivity index (χ1n) is 8.13. The van der Waals surface area contributed by atoms with Crippen LogP contribution in [0, 0.1) is 0 Å². The molecule has 2 rings (SSSR count). The highest BCUT2D eigenvalue weighted by Gasteiger charge is 2.33. The summed E-state index contributed by atoms with van der Waals surface area (Å²) in [5, 5.41) is 2.83. The second-order valence-electron chi connectivity index (χ2n) is 5.91. The molecule has 0 aliphatic heterocycles. The van der Waals surface area contributed by atoms with Crippen molar-refractivity contribution in [2.24, 2.45) is 0 Å². The van der Waals surface area contributed by atoms with E-state index in [0.717, 1.165) is 11.6 Å². The highest BCUT2D eigenvalue weighted by Crippen LogP contribution is 2.34. The number of hydrogen-bond acceptors (Lipinski definition) is 2. The maximum atomic E-state index is 13.0. The molecule has 0 aromatic heterocycles. The smallest absolute Gasteiger partial charge is 0.338 e. The van der Waals surface area contributed by atoms with Gasteiger partial charge in [0, 0.05) is 31.5 Å². The van der Waals surface area contributed by atoms with E-state index in [0.29, 0.717) is 5.02 Å². The van der Waals surface area contributed by atoms with Gasteiger partial charge in [-0.25, -0.2) is 0 Å². The molecule has 144 valence electrons. The molecule has 0 aliphatic rings. The van der Waals surface area contributed by atoms with E-state index < -0.39 is 17.6 Å². The van der Waals surface area contributed by atoms with Gasteiger partial charge in [0.2, 0.25) is 11.8 Å². The van der Waals surface area contributed by atoms with E-state index >= 15 is 0 Å². The number of anilines is 1. The minimum absolute atomic E-state index is 0.0813. The number of alkyl halides is 3. The van der Waals surface area contributed by atoms with Gasteiger partial charge in [0.25, 0.3) is 0 Å². The van der Waals surface area contributed by atoms with E-state index in [9.17, 15) is 22.8 Å². The summed E-state index contributed by atoms with van der Waals surface area (Å²) >= 11 is 5.82. The van der Waals surface area contributed by atoms with Gasteiger partial charge in [-0.1, -0.05) is 35.9 Å². The Morgan fingerprint density at radius 2 is 1.70 bits per heavy atom. The van der Waals surface area contributed by atoms with Gasteiger partial charge in [0.15, 0.2) is 0 Å². The number of rotatable bonds is 6. The summed E-state index contributed by atoms with van der Waals surface area (Å²) in [6.07, 6.45) is -4.69. The quantitative estimate of drug-likeness (QED) is 0.764.